The van der Waals surface area contributed by atoms with Crippen molar-refractivity contribution in [1.82, 2.24) is 19.0 Å². The van der Waals surface area contributed by atoms with Crippen LogP contribution in [0.15, 0.2) is 71.9 Å². The zero-order valence-electron chi connectivity index (χ0n) is 19.1. The van der Waals surface area contributed by atoms with E-state index in [1.165, 1.54) is 10.4 Å². The van der Waals surface area contributed by atoms with Gasteiger partial charge in [0.15, 0.2) is 0 Å². The van der Waals surface area contributed by atoms with Gasteiger partial charge in [-0.3, -0.25) is 4.79 Å². The van der Waals surface area contributed by atoms with Crippen LogP contribution in [0.5, 0.6) is 0 Å². The minimum Gasteiger partial charge on any atom is -0.337 e. The fraction of sp³-hybridized carbons (Fsp3) is 0.360. The van der Waals surface area contributed by atoms with Gasteiger partial charge in [-0.25, -0.2) is 13.1 Å². The van der Waals surface area contributed by atoms with Crippen LogP contribution in [-0.4, -0.2) is 53.4 Å². The van der Waals surface area contributed by atoms with E-state index >= 15 is 0 Å². The summed E-state index contributed by atoms with van der Waals surface area (Å²) in [6.07, 6.45) is 8.64. The Morgan fingerprint density at radius 2 is 1.76 bits per heavy atom. The minimum atomic E-state index is -3.66. The first-order valence-corrected chi connectivity index (χ1v) is 12.7. The second-order valence-electron chi connectivity index (χ2n) is 8.63. The highest BCUT2D eigenvalue weighted by Crippen LogP contribution is 2.27. The van der Waals surface area contributed by atoms with E-state index in [4.69, 9.17) is 0 Å². The van der Waals surface area contributed by atoms with E-state index in [0.717, 1.165) is 43.4 Å². The Balaban J connectivity index is 1.47. The Morgan fingerprint density at radius 1 is 1.03 bits per heavy atom. The molecule has 33 heavy (non-hydrogen) atoms. The smallest absolute Gasteiger partial charge is 0.253 e. The maximum absolute atomic E-state index is 13.2. The van der Waals surface area contributed by atoms with Gasteiger partial charge in [0.1, 0.15) is 0 Å². The van der Waals surface area contributed by atoms with Crippen molar-refractivity contribution >= 4 is 15.9 Å². The highest BCUT2D eigenvalue weighted by Gasteiger charge is 2.29. The zero-order chi connectivity index (χ0) is 23.4. The number of hydrogen-bond donors (Lipinski definition) is 0. The van der Waals surface area contributed by atoms with E-state index in [1.807, 2.05) is 36.5 Å². The second kappa shape index (κ2) is 9.89. The normalized spacial score (nSPS) is 15.0. The third-order valence-electron chi connectivity index (χ3n) is 6.27. The van der Waals surface area contributed by atoms with E-state index in [2.05, 4.69) is 5.10 Å². The van der Waals surface area contributed by atoms with E-state index < -0.39 is 10.0 Å². The Labute approximate surface area is 195 Å². The molecule has 1 aliphatic rings. The molecule has 1 amide bonds. The molecule has 0 atom stereocenters. The molecular weight excluding hydrogens is 436 g/mol. The summed E-state index contributed by atoms with van der Waals surface area (Å²) in [5, 5.41) is 4.38. The first kappa shape index (κ1) is 23.2. The third-order valence-corrected chi connectivity index (χ3v) is 8.18. The van der Waals surface area contributed by atoms with Crippen molar-refractivity contribution in [2.24, 2.45) is 0 Å². The lowest BCUT2D eigenvalue weighted by Crippen LogP contribution is -2.38. The third kappa shape index (κ3) is 5.17. The number of benzene rings is 2. The van der Waals surface area contributed by atoms with Gasteiger partial charge >= 0.3 is 0 Å². The number of hydrogen-bond acceptors (Lipinski definition) is 4. The second-order valence-corrected chi connectivity index (χ2v) is 10.6. The van der Waals surface area contributed by atoms with Gasteiger partial charge in [0.05, 0.1) is 16.8 Å². The first-order chi connectivity index (χ1) is 15.9. The van der Waals surface area contributed by atoms with E-state index in [-0.39, 0.29) is 16.8 Å². The van der Waals surface area contributed by atoms with Crippen LogP contribution < -0.4 is 0 Å². The van der Waals surface area contributed by atoms with Gasteiger partial charge < -0.3 is 4.90 Å². The van der Waals surface area contributed by atoms with E-state index in [0.29, 0.717) is 12.1 Å². The lowest BCUT2D eigenvalue weighted by Gasteiger charge is -2.30. The van der Waals surface area contributed by atoms with Crippen LogP contribution in [0.3, 0.4) is 0 Å². The predicted molar refractivity (Wildman–Crippen MR) is 128 cm³/mol. The monoisotopic (exact) mass is 466 g/mol. The lowest BCUT2D eigenvalue weighted by atomic mass is 9.96. The van der Waals surface area contributed by atoms with Crippen molar-refractivity contribution < 1.29 is 13.2 Å². The maximum atomic E-state index is 13.2. The highest BCUT2D eigenvalue weighted by molar-refractivity contribution is 7.89. The molecule has 1 aromatic heterocycles. The van der Waals surface area contributed by atoms with E-state index in [9.17, 15) is 13.2 Å². The molecule has 2 aromatic carbocycles. The van der Waals surface area contributed by atoms with Crippen LogP contribution in [0.1, 0.15) is 48.0 Å². The van der Waals surface area contributed by atoms with Crippen LogP contribution in [0.4, 0.5) is 0 Å². The Bertz CT molecular complexity index is 1200. The van der Waals surface area contributed by atoms with Gasteiger partial charge in [0.2, 0.25) is 10.0 Å². The molecule has 0 bridgehead atoms. The fourth-order valence-electron chi connectivity index (χ4n) is 4.33. The van der Waals surface area contributed by atoms with Gasteiger partial charge in [-0.15, -0.1) is 0 Å². The average molecular weight is 467 g/mol. The van der Waals surface area contributed by atoms with Crippen molar-refractivity contribution in [3.63, 3.8) is 0 Å². The van der Waals surface area contributed by atoms with E-state index in [1.54, 1.807) is 48.1 Å². The number of nitrogens with zero attached hydrogens (tertiary/aromatic N) is 4. The topological polar surface area (TPSA) is 75.5 Å². The molecule has 7 nitrogen and oxygen atoms in total. The molecule has 1 heterocycles. The number of para-hydroxylation sites is 1. The summed E-state index contributed by atoms with van der Waals surface area (Å²) < 4.78 is 29.6. The number of carbonyl (C=O) groups excluding carboxylic acids is 1. The molecule has 0 N–H and O–H groups in total. The molecule has 0 spiro atoms. The SMILES string of the molecule is CN(Cc1cnn(-c2ccccc2)c1)C(=O)c1cccc(S(=O)(=O)N(C)C2CCCCC2)c1. The number of sulfonamides is 1. The molecule has 1 saturated carbocycles. The van der Waals surface area contributed by atoms with Crippen LogP contribution >= 0.6 is 0 Å². The van der Waals surface area contributed by atoms with Crippen molar-refractivity contribution in [2.45, 2.75) is 49.6 Å². The molecule has 0 radical (unpaired) electrons. The molecule has 8 heteroatoms. The Kier molecular flexibility index (Phi) is 6.95. The van der Waals surface area contributed by atoms with Gasteiger partial charge in [-0.05, 0) is 43.2 Å². The number of rotatable bonds is 7. The molecule has 0 unspecified atom stereocenters. The Hall–Kier alpha value is -2.97. The van der Waals surface area contributed by atoms with Crippen LogP contribution in [0.25, 0.3) is 5.69 Å². The first-order valence-electron chi connectivity index (χ1n) is 11.3. The summed E-state index contributed by atoms with van der Waals surface area (Å²) >= 11 is 0. The number of aromatic nitrogens is 2. The minimum absolute atomic E-state index is 0.0203. The van der Waals surface area contributed by atoms with Crippen molar-refractivity contribution in [2.75, 3.05) is 14.1 Å². The summed E-state index contributed by atoms with van der Waals surface area (Å²) in [5.41, 5.74) is 2.18. The Morgan fingerprint density at radius 3 is 2.48 bits per heavy atom. The van der Waals surface area contributed by atoms with Gasteiger partial charge in [0, 0.05) is 44.0 Å². The highest BCUT2D eigenvalue weighted by atomic mass is 32.2. The number of amides is 1. The molecule has 0 saturated heterocycles. The summed E-state index contributed by atoms with van der Waals surface area (Å²) in [6, 6.07) is 16.1. The van der Waals surface area contributed by atoms with Gasteiger partial charge in [0.25, 0.3) is 5.91 Å². The van der Waals surface area contributed by atoms with Crippen LogP contribution in [0, 0.1) is 0 Å². The average Bonchev–Trinajstić information content (AvgIpc) is 3.32. The van der Waals surface area contributed by atoms with Crippen molar-refractivity contribution in [1.29, 1.82) is 0 Å². The van der Waals surface area contributed by atoms with Crippen molar-refractivity contribution in [3.05, 3.63) is 78.1 Å². The van der Waals surface area contributed by atoms with Crippen molar-refractivity contribution in [3.8, 4) is 5.69 Å². The van der Waals surface area contributed by atoms with Gasteiger partial charge in [-0.2, -0.15) is 9.40 Å². The molecule has 3 aromatic rings. The molecule has 4 rings (SSSR count). The summed E-state index contributed by atoms with van der Waals surface area (Å²) in [7, 11) is -0.302. The molecule has 0 aliphatic heterocycles. The molecule has 1 fully saturated rings. The maximum Gasteiger partial charge on any atom is 0.253 e. The largest absolute Gasteiger partial charge is 0.337 e. The molecular formula is C25H30N4O3S. The standard InChI is InChI=1S/C25H30N4O3S/c1-27(18-20-17-26-29(19-20)23-13-7-4-8-14-23)25(30)21-10-9-15-24(16-21)33(31,32)28(2)22-11-5-3-6-12-22/h4,7-10,13-17,19,22H,3,5-6,11-12,18H2,1-2H3. The fourth-order valence-corrected chi connectivity index (χ4v) is 5.79. The molecule has 1 aliphatic carbocycles. The summed E-state index contributed by atoms with van der Waals surface area (Å²) in [5.74, 6) is -0.236. The quantitative estimate of drug-likeness (QED) is 0.525. The van der Waals surface area contributed by atoms with Crippen LogP contribution in [0.2, 0.25) is 0 Å². The summed E-state index contributed by atoms with van der Waals surface area (Å²) in [6.45, 7) is 0.366. The summed E-state index contributed by atoms with van der Waals surface area (Å²) in [4.78, 5) is 14.8. The zero-order valence-corrected chi connectivity index (χ0v) is 19.9. The number of carbonyl (C=O) groups is 1. The predicted octanol–water partition coefficient (Wildman–Crippen LogP) is 4.10. The van der Waals surface area contributed by atoms with Crippen LogP contribution in [-0.2, 0) is 16.6 Å². The lowest BCUT2D eigenvalue weighted by molar-refractivity contribution is 0.0785. The molecule has 174 valence electrons. The van der Waals surface area contributed by atoms with Gasteiger partial charge in [-0.1, -0.05) is 43.5 Å².